The molecule has 2 heterocycles. The van der Waals surface area contributed by atoms with Crippen LogP contribution >= 0.6 is 11.6 Å². The number of pyridine rings is 1. The van der Waals surface area contributed by atoms with E-state index >= 15 is 0 Å². The molecular weight excluding hydrogens is 388 g/mol. The summed E-state index contributed by atoms with van der Waals surface area (Å²) in [6, 6.07) is 16.7. The van der Waals surface area contributed by atoms with Crippen LogP contribution in [0.3, 0.4) is 0 Å². The molecule has 2 aromatic carbocycles. The third-order valence-corrected chi connectivity index (χ3v) is 5.11. The second kappa shape index (κ2) is 7.48. The van der Waals surface area contributed by atoms with Gasteiger partial charge in [-0.15, -0.1) is 0 Å². The van der Waals surface area contributed by atoms with Gasteiger partial charge in [0.2, 0.25) is 0 Å². The Morgan fingerprint density at radius 3 is 2.76 bits per heavy atom. The Morgan fingerprint density at radius 1 is 1.14 bits per heavy atom. The van der Waals surface area contributed by atoms with Crippen molar-refractivity contribution in [1.29, 1.82) is 0 Å². The molecule has 0 spiro atoms. The van der Waals surface area contributed by atoms with Crippen LogP contribution in [0, 0.1) is 24.0 Å². The van der Waals surface area contributed by atoms with Crippen LogP contribution in [0.1, 0.15) is 17.0 Å². The number of aliphatic imine (C=N–C) groups is 1. The Bertz CT molecular complexity index is 1280. The maximum Gasteiger partial charge on any atom is 0.290 e. The summed E-state index contributed by atoms with van der Waals surface area (Å²) in [6.45, 7) is 4.05. The molecule has 0 unspecified atom stereocenters. The van der Waals surface area contributed by atoms with Gasteiger partial charge in [-0.2, -0.15) is 0 Å². The van der Waals surface area contributed by atoms with Crippen LogP contribution < -0.4 is 0 Å². The Morgan fingerprint density at radius 2 is 1.97 bits per heavy atom. The molecule has 0 amide bonds. The molecule has 4 rings (SSSR count). The van der Waals surface area contributed by atoms with Crippen LogP contribution in [0.25, 0.3) is 16.6 Å². The number of nitro benzene ring substituents is 1. The second-order valence-corrected chi connectivity index (χ2v) is 7.10. The van der Waals surface area contributed by atoms with Crippen molar-refractivity contribution in [3.8, 4) is 5.69 Å². The molecule has 0 fully saturated rings. The van der Waals surface area contributed by atoms with Gasteiger partial charge < -0.3 is 4.57 Å². The summed E-state index contributed by atoms with van der Waals surface area (Å²) >= 11 is 5.87. The fourth-order valence-electron chi connectivity index (χ4n) is 3.38. The number of nitrogens with zero attached hydrogens (tertiary/aromatic N) is 4. The Kier molecular flexibility index (Phi) is 4.86. The third kappa shape index (κ3) is 3.62. The summed E-state index contributed by atoms with van der Waals surface area (Å²) in [5.41, 5.74) is 5.34. The van der Waals surface area contributed by atoms with Crippen molar-refractivity contribution in [2.45, 2.75) is 13.8 Å². The van der Waals surface area contributed by atoms with Gasteiger partial charge in [-0.25, -0.2) is 0 Å². The standard InChI is InChI=1S/C22H17ClN4O2/c1-14-10-17(13-25-18-5-7-20(23)22(12-18)27(28)29)15(2)26(14)19-6-8-21-16(11-19)4-3-9-24-21/h3-13H,1-2H3. The summed E-state index contributed by atoms with van der Waals surface area (Å²) in [4.78, 5) is 19.3. The summed E-state index contributed by atoms with van der Waals surface area (Å²) in [6.07, 6.45) is 3.50. The van der Waals surface area contributed by atoms with Crippen molar-refractivity contribution in [1.82, 2.24) is 9.55 Å². The van der Waals surface area contributed by atoms with E-state index in [-0.39, 0.29) is 10.7 Å². The minimum absolute atomic E-state index is 0.0953. The number of nitro groups is 1. The number of halogens is 1. The fraction of sp³-hybridized carbons (Fsp3) is 0.0909. The van der Waals surface area contributed by atoms with E-state index < -0.39 is 4.92 Å². The Labute approximate surface area is 172 Å². The van der Waals surface area contributed by atoms with E-state index in [2.05, 4.69) is 20.6 Å². The van der Waals surface area contributed by atoms with E-state index in [4.69, 9.17) is 11.6 Å². The van der Waals surface area contributed by atoms with Crippen LogP contribution in [0.15, 0.2) is 65.8 Å². The van der Waals surface area contributed by atoms with Crippen LogP contribution in [-0.4, -0.2) is 20.7 Å². The molecule has 7 heteroatoms. The Balaban J connectivity index is 1.71. The largest absolute Gasteiger partial charge is 0.318 e. The zero-order chi connectivity index (χ0) is 20.5. The topological polar surface area (TPSA) is 73.3 Å². The number of hydrogen-bond acceptors (Lipinski definition) is 4. The average Bonchev–Trinajstić information content (AvgIpc) is 3.00. The van der Waals surface area contributed by atoms with Crippen molar-refractivity contribution in [2.75, 3.05) is 0 Å². The lowest BCUT2D eigenvalue weighted by Crippen LogP contribution is -1.99. The van der Waals surface area contributed by atoms with Crippen molar-refractivity contribution >= 4 is 40.1 Å². The zero-order valence-electron chi connectivity index (χ0n) is 15.8. The maximum absolute atomic E-state index is 11.1. The first kappa shape index (κ1) is 18.8. The van der Waals surface area contributed by atoms with E-state index in [1.54, 1.807) is 18.5 Å². The molecule has 4 aromatic rings. The zero-order valence-corrected chi connectivity index (χ0v) is 16.6. The highest BCUT2D eigenvalue weighted by atomic mass is 35.5. The van der Waals surface area contributed by atoms with Crippen LogP contribution in [0.4, 0.5) is 11.4 Å². The predicted molar refractivity (Wildman–Crippen MR) is 116 cm³/mol. The Hall–Kier alpha value is -3.51. The monoisotopic (exact) mass is 404 g/mol. The van der Waals surface area contributed by atoms with Crippen molar-refractivity contribution in [3.05, 3.63) is 92.9 Å². The molecule has 0 saturated carbocycles. The van der Waals surface area contributed by atoms with Crippen molar-refractivity contribution < 1.29 is 4.92 Å². The summed E-state index contributed by atoms with van der Waals surface area (Å²) < 4.78 is 2.15. The summed E-state index contributed by atoms with van der Waals surface area (Å²) in [5.74, 6) is 0. The maximum atomic E-state index is 11.1. The average molecular weight is 405 g/mol. The van der Waals surface area contributed by atoms with E-state index in [1.807, 2.05) is 44.2 Å². The quantitative estimate of drug-likeness (QED) is 0.239. The van der Waals surface area contributed by atoms with Crippen LogP contribution in [0.2, 0.25) is 5.02 Å². The molecule has 0 atom stereocenters. The van der Waals surface area contributed by atoms with Gasteiger partial charge in [0.15, 0.2) is 0 Å². The van der Waals surface area contributed by atoms with Gasteiger partial charge in [0.05, 0.1) is 16.1 Å². The third-order valence-electron chi connectivity index (χ3n) is 4.79. The lowest BCUT2D eigenvalue weighted by atomic mass is 10.2. The number of fused-ring (bicyclic) bond motifs is 1. The van der Waals surface area contributed by atoms with Gasteiger partial charge in [-0.1, -0.05) is 17.7 Å². The van der Waals surface area contributed by atoms with Crippen LogP contribution in [0.5, 0.6) is 0 Å². The second-order valence-electron chi connectivity index (χ2n) is 6.69. The SMILES string of the molecule is Cc1cc(C=Nc2ccc(Cl)c([N+](=O)[O-])c2)c(C)n1-c1ccc2ncccc2c1. The molecule has 2 aromatic heterocycles. The van der Waals surface area contributed by atoms with Gasteiger partial charge in [0.25, 0.3) is 5.69 Å². The van der Waals surface area contributed by atoms with E-state index in [1.165, 1.54) is 12.1 Å². The highest BCUT2D eigenvalue weighted by Gasteiger charge is 2.13. The van der Waals surface area contributed by atoms with Crippen LogP contribution in [-0.2, 0) is 0 Å². The molecule has 0 radical (unpaired) electrons. The smallest absolute Gasteiger partial charge is 0.290 e. The van der Waals surface area contributed by atoms with Gasteiger partial charge in [-0.05, 0) is 56.3 Å². The van der Waals surface area contributed by atoms with E-state index in [9.17, 15) is 10.1 Å². The number of benzene rings is 2. The highest BCUT2D eigenvalue weighted by molar-refractivity contribution is 6.32. The minimum atomic E-state index is -0.512. The lowest BCUT2D eigenvalue weighted by Gasteiger charge is -2.10. The van der Waals surface area contributed by atoms with Crippen molar-refractivity contribution in [3.63, 3.8) is 0 Å². The minimum Gasteiger partial charge on any atom is -0.318 e. The number of hydrogen-bond donors (Lipinski definition) is 0. The summed E-state index contributed by atoms with van der Waals surface area (Å²) in [7, 11) is 0. The first-order chi connectivity index (χ1) is 13.9. The number of rotatable bonds is 4. The van der Waals surface area contributed by atoms with Gasteiger partial charge in [0, 0.05) is 46.5 Å². The molecule has 29 heavy (non-hydrogen) atoms. The molecule has 0 aliphatic carbocycles. The van der Waals surface area contributed by atoms with Gasteiger partial charge >= 0.3 is 0 Å². The fourth-order valence-corrected chi connectivity index (χ4v) is 3.57. The summed E-state index contributed by atoms with van der Waals surface area (Å²) in [5, 5.41) is 12.2. The molecule has 6 nitrogen and oxygen atoms in total. The number of aryl methyl sites for hydroxylation is 1. The van der Waals surface area contributed by atoms with Gasteiger partial charge in [-0.3, -0.25) is 20.1 Å². The number of aromatic nitrogens is 2. The first-order valence-electron chi connectivity index (χ1n) is 8.96. The molecule has 0 aliphatic heterocycles. The molecule has 0 aliphatic rings. The van der Waals surface area contributed by atoms with E-state index in [0.29, 0.717) is 5.69 Å². The molecular formula is C22H17ClN4O2. The van der Waals surface area contributed by atoms with E-state index in [0.717, 1.165) is 33.5 Å². The molecule has 0 N–H and O–H groups in total. The highest BCUT2D eigenvalue weighted by Crippen LogP contribution is 2.29. The normalized spacial score (nSPS) is 11.4. The predicted octanol–water partition coefficient (Wildman–Crippen LogP) is 5.95. The molecule has 144 valence electrons. The molecule has 0 bridgehead atoms. The lowest BCUT2D eigenvalue weighted by molar-refractivity contribution is -0.384. The first-order valence-corrected chi connectivity index (χ1v) is 9.34. The van der Waals surface area contributed by atoms with Gasteiger partial charge in [0.1, 0.15) is 5.02 Å². The van der Waals surface area contributed by atoms with Crippen molar-refractivity contribution in [2.24, 2.45) is 4.99 Å². The molecule has 0 saturated heterocycles.